The van der Waals surface area contributed by atoms with Gasteiger partial charge in [0.1, 0.15) is 0 Å². The van der Waals surface area contributed by atoms with Crippen LogP contribution in [0.3, 0.4) is 0 Å². The molecule has 0 aromatic carbocycles. The minimum Gasteiger partial charge on any atom is -0.371 e. The molecule has 2 aliphatic heterocycles. The van der Waals surface area contributed by atoms with Crippen LogP contribution in [0.1, 0.15) is 38.2 Å². The van der Waals surface area contributed by atoms with E-state index >= 15 is 0 Å². The fourth-order valence-corrected chi connectivity index (χ4v) is 3.85. The molecule has 2 fully saturated rings. The standard InChI is InChI=1S/C17H24N4/c1-17(5-7-18-8-6-17)15-13-19-21-11-4-14(12-16(15)21)20-9-2-3-10-20/h4,11-13,18H,2-3,5-10H2,1H3. The maximum Gasteiger partial charge on any atom is 0.0719 e. The lowest BCUT2D eigenvalue weighted by molar-refractivity contribution is 0.337. The fourth-order valence-electron chi connectivity index (χ4n) is 3.85. The topological polar surface area (TPSA) is 32.6 Å². The van der Waals surface area contributed by atoms with Crippen LogP contribution in [0, 0.1) is 0 Å². The highest BCUT2D eigenvalue weighted by atomic mass is 15.2. The number of fused-ring (bicyclic) bond motifs is 1. The van der Waals surface area contributed by atoms with Gasteiger partial charge in [-0.1, -0.05) is 6.92 Å². The number of aromatic nitrogens is 2. The Balaban J connectivity index is 1.76. The Labute approximate surface area is 126 Å². The molecule has 0 spiro atoms. The second-order valence-electron chi connectivity index (χ2n) is 6.78. The van der Waals surface area contributed by atoms with Gasteiger partial charge in [0.25, 0.3) is 0 Å². The molecule has 0 amide bonds. The van der Waals surface area contributed by atoms with Crippen molar-refractivity contribution in [1.82, 2.24) is 14.9 Å². The van der Waals surface area contributed by atoms with Crippen molar-refractivity contribution in [3.8, 4) is 0 Å². The van der Waals surface area contributed by atoms with E-state index in [0.29, 0.717) is 0 Å². The Kier molecular flexibility index (Phi) is 3.14. The monoisotopic (exact) mass is 284 g/mol. The van der Waals surface area contributed by atoms with Crippen molar-refractivity contribution in [3.05, 3.63) is 30.1 Å². The van der Waals surface area contributed by atoms with Crippen molar-refractivity contribution in [2.75, 3.05) is 31.1 Å². The number of pyridine rings is 1. The Hall–Kier alpha value is -1.55. The first kappa shape index (κ1) is 13.1. The predicted molar refractivity (Wildman–Crippen MR) is 86.1 cm³/mol. The molecule has 4 rings (SSSR count). The summed E-state index contributed by atoms with van der Waals surface area (Å²) >= 11 is 0. The zero-order chi connectivity index (χ0) is 14.3. The van der Waals surface area contributed by atoms with Crippen LogP contribution < -0.4 is 10.2 Å². The summed E-state index contributed by atoms with van der Waals surface area (Å²) in [6.45, 7) is 7.01. The number of nitrogens with zero attached hydrogens (tertiary/aromatic N) is 3. The summed E-state index contributed by atoms with van der Waals surface area (Å²) in [5.41, 5.74) is 4.34. The van der Waals surface area contributed by atoms with Gasteiger partial charge in [0.15, 0.2) is 0 Å². The van der Waals surface area contributed by atoms with Gasteiger partial charge in [-0.3, -0.25) is 0 Å². The third-order valence-corrected chi connectivity index (χ3v) is 5.33. The molecule has 21 heavy (non-hydrogen) atoms. The lowest BCUT2D eigenvalue weighted by Crippen LogP contribution is -2.37. The van der Waals surface area contributed by atoms with Gasteiger partial charge in [0.05, 0.1) is 11.7 Å². The zero-order valence-corrected chi connectivity index (χ0v) is 12.8. The quantitative estimate of drug-likeness (QED) is 0.920. The Bertz CT molecular complexity index is 633. The van der Waals surface area contributed by atoms with Crippen LogP contribution in [-0.2, 0) is 5.41 Å². The van der Waals surface area contributed by atoms with Crippen molar-refractivity contribution in [1.29, 1.82) is 0 Å². The molecule has 2 aromatic heterocycles. The van der Waals surface area contributed by atoms with Crippen LogP contribution in [0.25, 0.3) is 5.52 Å². The number of piperidine rings is 1. The molecule has 0 saturated carbocycles. The first-order valence-corrected chi connectivity index (χ1v) is 8.20. The smallest absolute Gasteiger partial charge is 0.0719 e. The molecular weight excluding hydrogens is 260 g/mol. The molecule has 0 radical (unpaired) electrons. The van der Waals surface area contributed by atoms with Crippen molar-refractivity contribution in [2.24, 2.45) is 0 Å². The first-order valence-electron chi connectivity index (χ1n) is 8.20. The lowest BCUT2D eigenvalue weighted by Gasteiger charge is -2.33. The minimum absolute atomic E-state index is 0.261. The maximum atomic E-state index is 4.58. The van der Waals surface area contributed by atoms with Gasteiger partial charge in [-0.15, -0.1) is 0 Å². The zero-order valence-electron chi connectivity index (χ0n) is 12.8. The van der Waals surface area contributed by atoms with Gasteiger partial charge in [-0.05, 0) is 56.3 Å². The van der Waals surface area contributed by atoms with Crippen molar-refractivity contribution >= 4 is 11.2 Å². The van der Waals surface area contributed by atoms with Gasteiger partial charge in [0.2, 0.25) is 0 Å². The molecule has 4 heterocycles. The van der Waals surface area contributed by atoms with Crippen LogP contribution in [0.4, 0.5) is 5.69 Å². The van der Waals surface area contributed by atoms with E-state index in [2.05, 4.69) is 46.8 Å². The molecule has 2 aromatic rings. The van der Waals surface area contributed by atoms with E-state index in [0.717, 1.165) is 13.1 Å². The van der Waals surface area contributed by atoms with Crippen LogP contribution in [0.2, 0.25) is 0 Å². The summed E-state index contributed by atoms with van der Waals surface area (Å²) in [6, 6.07) is 4.56. The molecule has 4 nitrogen and oxygen atoms in total. The van der Waals surface area contributed by atoms with E-state index in [9.17, 15) is 0 Å². The maximum absolute atomic E-state index is 4.58. The average Bonchev–Trinajstić information content (AvgIpc) is 3.17. The highest BCUT2D eigenvalue weighted by molar-refractivity contribution is 5.65. The van der Waals surface area contributed by atoms with E-state index in [1.807, 2.05) is 4.52 Å². The van der Waals surface area contributed by atoms with Gasteiger partial charge >= 0.3 is 0 Å². The largest absolute Gasteiger partial charge is 0.371 e. The second-order valence-corrected chi connectivity index (χ2v) is 6.78. The molecule has 0 atom stereocenters. The number of rotatable bonds is 2. The Morgan fingerprint density at radius 3 is 2.71 bits per heavy atom. The van der Waals surface area contributed by atoms with E-state index in [-0.39, 0.29) is 5.41 Å². The summed E-state index contributed by atoms with van der Waals surface area (Å²) in [6.07, 6.45) is 9.25. The number of nitrogens with one attached hydrogen (secondary N) is 1. The van der Waals surface area contributed by atoms with Crippen LogP contribution in [-0.4, -0.2) is 35.8 Å². The Morgan fingerprint density at radius 1 is 1.19 bits per heavy atom. The highest BCUT2D eigenvalue weighted by Gasteiger charge is 2.31. The third-order valence-electron chi connectivity index (χ3n) is 5.33. The SMILES string of the molecule is CC1(c2cnn3ccc(N4CCCC4)cc23)CCNCC1. The summed E-state index contributed by atoms with van der Waals surface area (Å²) < 4.78 is 2.04. The van der Waals surface area contributed by atoms with Crippen molar-refractivity contribution in [3.63, 3.8) is 0 Å². The van der Waals surface area contributed by atoms with Crippen LogP contribution in [0.5, 0.6) is 0 Å². The molecule has 0 bridgehead atoms. The summed E-state index contributed by atoms with van der Waals surface area (Å²) in [5.74, 6) is 0. The van der Waals surface area contributed by atoms with E-state index in [1.165, 1.54) is 55.5 Å². The van der Waals surface area contributed by atoms with Gasteiger partial charge in [0, 0.05) is 30.5 Å². The predicted octanol–water partition coefficient (Wildman–Crippen LogP) is 2.58. The lowest BCUT2D eigenvalue weighted by atomic mass is 9.75. The summed E-state index contributed by atoms with van der Waals surface area (Å²) in [4.78, 5) is 2.50. The summed E-state index contributed by atoms with van der Waals surface area (Å²) in [7, 11) is 0. The van der Waals surface area contributed by atoms with Gasteiger partial charge < -0.3 is 10.2 Å². The molecule has 4 heteroatoms. The van der Waals surface area contributed by atoms with E-state index in [1.54, 1.807) is 0 Å². The highest BCUT2D eigenvalue weighted by Crippen LogP contribution is 2.36. The van der Waals surface area contributed by atoms with Gasteiger partial charge in [-0.25, -0.2) is 4.52 Å². The summed E-state index contributed by atoms with van der Waals surface area (Å²) in [5, 5.41) is 8.06. The fraction of sp³-hybridized carbons (Fsp3) is 0.588. The second kappa shape index (κ2) is 5.02. The molecule has 2 saturated heterocycles. The molecule has 112 valence electrons. The molecular formula is C17H24N4. The van der Waals surface area contributed by atoms with E-state index < -0.39 is 0 Å². The van der Waals surface area contributed by atoms with Crippen LogP contribution >= 0.6 is 0 Å². The first-order chi connectivity index (χ1) is 10.3. The van der Waals surface area contributed by atoms with Gasteiger partial charge in [-0.2, -0.15) is 5.10 Å². The molecule has 0 unspecified atom stereocenters. The molecule has 0 aliphatic carbocycles. The third kappa shape index (κ3) is 2.22. The van der Waals surface area contributed by atoms with E-state index in [4.69, 9.17) is 0 Å². The van der Waals surface area contributed by atoms with Crippen LogP contribution in [0.15, 0.2) is 24.5 Å². The molecule has 1 N–H and O–H groups in total. The van der Waals surface area contributed by atoms with Crippen molar-refractivity contribution in [2.45, 2.75) is 38.0 Å². The minimum atomic E-state index is 0.261. The Morgan fingerprint density at radius 2 is 1.95 bits per heavy atom. The normalized spacial score (nSPS) is 22.0. The number of hydrogen-bond acceptors (Lipinski definition) is 3. The number of anilines is 1. The molecule has 2 aliphatic rings. The number of hydrogen-bond donors (Lipinski definition) is 1. The average molecular weight is 284 g/mol. The van der Waals surface area contributed by atoms with Crippen molar-refractivity contribution < 1.29 is 0 Å².